The minimum Gasteiger partial charge on any atom is -0.386 e. The van der Waals surface area contributed by atoms with Crippen LogP contribution in [-0.4, -0.2) is 29.7 Å². The van der Waals surface area contributed by atoms with Crippen molar-refractivity contribution in [2.24, 2.45) is 0 Å². The van der Waals surface area contributed by atoms with Gasteiger partial charge in [0.2, 0.25) is 0 Å². The van der Waals surface area contributed by atoms with E-state index in [0.717, 1.165) is 0 Å². The molecule has 11 heavy (non-hydrogen) atoms. The zero-order valence-electron chi connectivity index (χ0n) is 6.91. The van der Waals surface area contributed by atoms with Gasteiger partial charge in [0.25, 0.3) is 0 Å². The Morgan fingerprint density at radius 2 is 2.36 bits per heavy atom. The summed E-state index contributed by atoms with van der Waals surface area (Å²) in [4.78, 5) is 0. The summed E-state index contributed by atoms with van der Waals surface area (Å²) in [5.74, 6) is -0.561. The number of hydrogen-bond acceptors (Lipinski definition) is 3. The summed E-state index contributed by atoms with van der Waals surface area (Å²) in [7, 11) is 0. The third-order valence-corrected chi connectivity index (χ3v) is 1.65. The molecule has 1 saturated heterocycles. The van der Waals surface area contributed by atoms with Gasteiger partial charge in [-0.05, 0) is 13.8 Å². The van der Waals surface area contributed by atoms with E-state index in [1.807, 2.05) is 13.8 Å². The maximum Gasteiger partial charge on any atom is 0.163 e. The van der Waals surface area contributed by atoms with Crippen LogP contribution in [0.4, 0.5) is 0 Å². The van der Waals surface area contributed by atoms with Gasteiger partial charge in [0, 0.05) is 0 Å². The van der Waals surface area contributed by atoms with Crippen molar-refractivity contribution < 1.29 is 14.6 Å². The van der Waals surface area contributed by atoms with Crippen molar-refractivity contribution >= 4 is 0 Å². The van der Waals surface area contributed by atoms with Gasteiger partial charge >= 0.3 is 0 Å². The van der Waals surface area contributed by atoms with Crippen LogP contribution in [0.3, 0.4) is 0 Å². The lowest BCUT2D eigenvalue weighted by Crippen LogP contribution is -2.28. The van der Waals surface area contributed by atoms with Crippen LogP contribution in [0, 0.1) is 0 Å². The molecule has 64 valence electrons. The van der Waals surface area contributed by atoms with Crippen LogP contribution in [0.15, 0.2) is 12.7 Å². The highest BCUT2D eigenvalue weighted by atomic mass is 16.7. The summed E-state index contributed by atoms with van der Waals surface area (Å²) in [6, 6.07) is 0. The van der Waals surface area contributed by atoms with Crippen LogP contribution in [-0.2, 0) is 9.47 Å². The first-order chi connectivity index (χ1) is 5.05. The molecule has 3 heteroatoms. The maximum absolute atomic E-state index is 9.27. The number of rotatable bonds is 2. The van der Waals surface area contributed by atoms with Crippen molar-refractivity contribution in [3.8, 4) is 0 Å². The molecular weight excluding hydrogens is 144 g/mol. The molecule has 0 radical (unpaired) electrons. The van der Waals surface area contributed by atoms with Crippen molar-refractivity contribution in [1.82, 2.24) is 0 Å². The number of aliphatic hydroxyl groups excluding tert-OH is 1. The summed E-state index contributed by atoms with van der Waals surface area (Å²) >= 11 is 0. The first-order valence-corrected chi connectivity index (χ1v) is 3.67. The molecule has 0 aliphatic carbocycles. The fourth-order valence-corrected chi connectivity index (χ4v) is 1.04. The SMILES string of the molecule is C=CC(O)C1COC(C)(C)O1. The number of aliphatic hydroxyl groups is 1. The average molecular weight is 158 g/mol. The molecule has 2 atom stereocenters. The van der Waals surface area contributed by atoms with E-state index in [4.69, 9.17) is 9.47 Å². The Balaban J connectivity index is 2.47. The van der Waals surface area contributed by atoms with Gasteiger partial charge in [-0.3, -0.25) is 0 Å². The summed E-state index contributed by atoms with van der Waals surface area (Å²) in [6.45, 7) is 7.54. The van der Waals surface area contributed by atoms with E-state index in [0.29, 0.717) is 6.61 Å². The van der Waals surface area contributed by atoms with Gasteiger partial charge in [-0.1, -0.05) is 6.08 Å². The lowest BCUT2D eigenvalue weighted by molar-refractivity contribution is -0.147. The third kappa shape index (κ3) is 2.02. The summed E-state index contributed by atoms with van der Waals surface area (Å²) in [5.41, 5.74) is 0. The maximum atomic E-state index is 9.27. The van der Waals surface area contributed by atoms with Crippen molar-refractivity contribution in [2.75, 3.05) is 6.61 Å². The molecule has 1 fully saturated rings. The third-order valence-electron chi connectivity index (χ3n) is 1.65. The zero-order valence-corrected chi connectivity index (χ0v) is 6.91. The van der Waals surface area contributed by atoms with Crippen molar-refractivity contribution in [3.63, 3.8) is 0 Å². The highest BCUT2D eigenvalue weighted by Crippen LogP contribution is 2.24. The Bertz CT molecular complexity index is 153. The van der Waals surface area contributed by atoms with Crippen LogP contribution in [0.1, 0.15) is 13.8 Å². The Kier molecular flexibility index (Phi) is 2.32. The van der Waals surface area contributed by atoms with E-state index in [1.165, 1.54) is 6.08 Å². The second kappa shape index (κ2) is 2.93. The topological polar surface area (TPSA) is 38.7 Å². The van der Waals surface area contributed by atoms with Crippen molar-refractivity contribution in [1.29, 1.82) is 0 Å². The standard InChI is InChI=1S/C8H14O3/c1-4-6(9)7-5-10-8(2,3)11-7/h4,6-7,9H,1,5H2,2-3H3. The summed E-state index contributed by atoms with van der Waals surface area (Å²) < 4.78 is 10.6. The molecule has 1 rings (SSSR count). The van der Waals surface area contributed by atoms with E-state index in [-0.39, 0.29) is 6.10 Å². The van der Waals surface area contributed by atoms with Gasteiger partial charge in [-0.15, -0.1) is 6.58 Å². The van der Waals surface area contributed by atoms with Crippen molar-refractivity contribution in [3.05, 3.63) is 12.7 Å². The van der Waals surface area contributed by atoms with E-state index < -0.39 is 11.9 Å². The first-order valence-electron chi connectivity index (χ1n) is 3.67. The Labute approximate surface area is 66.6 Å². The van der Waals surface area contributed by atoms with Crippen LogP contribution < -0.4 is 0 Å². The molecule has 0 spiro atoms. The fourth-order valence-electron chi connectivity index (χ4n) is 1.04. The molecule has 0 bridgehead atoms. The van der Waals surface area contributed by atoms with Crippen LogP contribution in [0.25, 0.3) is 0 Å². The van der Waals surface area contributed by atoms with Gasteiger partial charge in [-0.2, -0.15) is 0 Å². The van der Waals surface area contributed by atoms with E-state index in [2.05, 4.69) is 6.58 Å². The highest BCUT2D eigenvalue weighted by Gasteiger charge is 2.35. The molecule has 1 aliphatic heterocycles. The second-order valence-corrected chi connectivity index (χ2v) is 3.09. The van der Waals surface area contributed by atoms with E-state index in [9.17, 15) is 5.11 Å². The molecule has 1 aliphatic rings. The normalized spacial score (nSPS) is 31.7. The average Bonchev–Trinajstić information content (AvgIpc) is 2.29. The van der Waals surface area contributed by atoms with Crippen molar-refractivity contribution in [2.45, 2.75) is 31.8 Å². The van der Waals surface area contributed by atoms with E-state index in [1.54, 1.807) is 0 Å². The van der Waals surface area contributed by atoms with Gasteiger partial charge in [0.05, 0.1) is 6.61 Å². The lowest BCUT2D eigenvalue weighted by atomic mass is 10.2. The molecule has 0 saturated carbocycles. The smallest absolute Gasteiger partial charge is 0.163 e. The van der Waals surface area contributed by atoms with Crippen LogP contribution in [0.5, 0.6) is 0 Å². The Morgan fingerprint density at radius 1 is 1.73 bits per heavy atom. The minimum absolute atomic E-state index is 0.262. The van der Waals surface area contributed by atoms with Crippen LogP contribution >= 0.6 is 0 Å². The monoisotopic (exact) mass is 158 g/mol. The highest BCUT2D eigenvalue weighted by molar-refractivity contribution is 4.88. The quantitative estimate of drug-likeness (QED) is 0.601. The lowest BCUT2D eigenvalue weighted by Gasteiger charge is -2.18. The molecule has 1 N–H and O–H groups in total. The van der Waals surface area contributed by atoms with Gasteiger partial charge in [0.15, 0.2) is 5.79 Å². The molecule has 0 amide bonds. The predicted octanol–water partition coefficient (Wildman–Crippen LogP) is 0.685. The van der Waals surface area contributed by atoms with Gasteiger partial charge < -0.3 is 14.6 Å². The molecule has 0 aromatic heterocycles. The van der Waals surface area contributed by atoms with Gasteiger partial charge in [0.1, 0.15) is 12.2 Å². The zero-order chi connectivity index (χ0) is 8.48. The first kappa shape index (κ1) is 8.71. The molecule has 0 aromatic carbocycles. The fraction of sp³-hybridized carbons (Fsp3) is 0.750. The summed E-state index contributed by atoms with van der Waals surface area (Å²) in [6.07, 6.45) is 0.564. The predicted molar refractivity (Wildman–Crippen MR) is 41.1 cm³/mol. The molecule has 3 nitrogen and oxygen atoms in total. The molecule has 1 heterocycles. The number of hydrogen-bond donors (Lipinski definition) is 1. The Morgan fingerprint density at radius 3 is 2.73 bits per heavy atom. The Hall–Kier alpha value is -0.380. The van der Waals surface area contributed by atoms with E-state index >= 15 is 0 Å². The molecule has 0 aromatic rings. The summed E-state index contributed by atoms with van der Waals surface area (Å²) in [5, 5.41) is 9.27. The largest absolute Gasteiger partial charge is 0.386 e. The molecule has 2 unspecified atom stereocenters. The number of ether oxygens (including phenoxy) is 2. The molecular formula is C8H14O3. The van der Waals surface area contributed by atoms with Crippen LogP contribution in [0.2, 0.25) is 0 Å². The second-order valence-electron chi connectivity index (χ2n) is 3.09. The van der Waals surface area contributed by atoms with Gasteiger partial charge in [-0.25, -0.2) is 0 Å². The minimum atomic E-state index is -0.628.